The molecule has 0 aliphatic carbocycles. The lowest BCUT2D eigenvalue weighted by atomic mass is 9.55. The van der Waals surface area contributed by atoms with E-state index in [1.165, 1.54) is 17.8 Å². The van der Waals surface area contributed by atoms with Crippen LogP contribution < -0.4 is 50.8 Å². The van der Waals surface area contributed by atoms with Crippen LogP contribution in [0.25, 0.3) is 11.2 Å². The van der Waals surface area contributed by atoms with E-state index in [-0.39, 0.29) is 87.6 Å². The van der Waals surface area contributed by atoms with E-state index in [1.54, 1.807) is 20.8 Å². The Balaban J connectivity index is 1.19. The molecule has 33 nitrogen and oxygen atoms in total. The number of carbonyl (C=O) groups excluding carboxylic acids is 7. The van der Waals surface area contributed by atoms with Crippen molar-refractivity contribution < 1.29 is 80.8 Å². The van der Waals surface area contributed by atoms with Crippen LogP contribution in [0.1, 0.15) is 139 Å². The third-order valence-electron chi connectivity index (χ3n) is 20.0. The van der Waals surface area contributed by atoms with Crippen LogP contribution in [0.5, 0.6) is 0 Å². The van der Waals surface area contributed by atoms with Crippen LogP contribution in [0.4, 0.5) is 5.82 Å². The van der Waals surface area contributed by atoms with E-state index < -0.39 is 158 Å². The number of aliphatic hydroxyl groups is 1. The topological polar surface area (TPSA) is 558 Å². The molecular weight excluding hydrogens is 1250 g/mol. The van der Waals surface area contributed by atoms with E-state index >= 15 is 0 Å². The molecule has 8 rings (SSSR count). The number of allylic oxidation sites excluding steroid dienone is 6. The highest BCUT2D eigenvalue weighted by molar-refractivity contribution is 7.47. The molecule has 2 fully saturated rings. The van der Waals surface area contributed by atoms with Crippen molar-refractivity contribution in [2.75, 3.05) is 18.9 Å². The zero-order valence-electron chi connectivity index (χ0n) is 53.4. The number of amides is 7. The Bertz CT molecular complexity index is 3690. The van der Waals surface area contributed by atoms with Crippen LogP contribution >= 0.6 is 15.6 Å². The fraction of sp³-hybridized carbons (Fsp3) is 0.638. The van der Waals surface area contributed by atoms with Crippen molar-refractivity contribution >= 4 is 91.1 Å². The summed E-state index contributed by atoms with van der Waals surface area (Å²) in [7, 11) is -10.5. The van der Waals surface area contributed by atoms with Gasteiger partial charge in [-0.2, -0.15) is 0 Å². The number of aliphatic hydroxyl groups excluding tert-OH is 1. The minimum Gasteiger partial charge on any atom is -0.386 e. The fourth-order valence-electron chi connectivity index (χ4n) is 15.2. The normalized spacial score (nSPS) is 32.3. The molecule has 2 aromatic heterocycles. The number of nitrogens with one attached hydrogen (secondary N) is 2. The van der Waals surface area contributed by atoms with E-state index in [0.717, 1.165) is 6.33 Å². The van der Waals surface area contributed by atoms with Crippen LogP contribution in [-0.2, 0) is 61.0 Å². The predicted octanol–water partition coefficient (Wildman–Crippen LogP) is 1.04. The summed E-state index contributed by atoms with van der Waals surface area (Å²) in [5, 5.41) is 17.9. The first-order chi connectivity index (χ1) is 43.1. The summed E-state index contributed by atoms with van der Waals surface area (Å²) in [5.41, 5.74) is 39.9. The average molecular weight is 1340 g/mol. The molecule has 0 spiro atoms. The summed E-state index contributed by atoms with van der Waals surface area (Å²) in [6.07, 6.45) is -5.29. The van der Waals surface area contributed by atoms with E-state index in [0.29, 0.717) is 45.4 Å². The van der Waals surface area contributed by atoms with Crippen LogP contribution in [0.15, 0.2) is 61.9 Å². The molecule has 0 aromatic carbocycles. The number of rotatable bonds is 28. The van der Waals surface area contributed by atoms with Crippen molar-refractivity contribution in [2.45, 2.75) is 175 Å². The number of fused-ring (bicyclic) bond motifs is 7. The Morgan fingerprint density at radius 1 is 0.796 bits per heavy atom. The molecule has 2 saturated heterocycles. The molecule has 15 atom stereocenters. The van der Waals surface area contributed by atoms with Crippen LogP contribution in [0.3, 0.4) is 0 Å². The van der Waals surface area contributed by atoms with Crippen molar-refractivity contribution in [2.24, 2.45) is 94.7 Å². The lowest BCUT2D eigenvalue weighted by Gasteiger charge is -2.48. The molecule has 8 bridgehead atoms. The van der Waals surface area contributed by atoms with Gasteiger partial charge in [0.25, 0.3) is 0 Å². The maximum absolute atomic E-state index is 14.4. The zero-order chi connectivity index (χ0) is 69.0. The number of hydrogen-bond acceptors (Lipinski definition) is 22. The third kappa shape index (κ3) is 14.3. The molecule has 0 saturated carbocycles. The van der Waals surface area contributed by atoms with Gasteiger partial charge in [0.1, 0.15) is 36.5 Å². The minimum atomic E-state index is -5.30. The van der Waals surface area contributed by atoms with E-state index in [4.69, 9.17) is 68.9 Å². The smallest absolute Gasteiger partial charge is 0.386 e. The second-order valence-electron chi connectivity index (χ2n) is 26.7. The summed E-state index contributed by atoms with van der Waals surface area (Å²) in [4.78, 5) is 152. The van der Waals surface area contributed by atoms with E-state index in [9.17, 15) is 62.5 Å². The molecule has 93 heavy (non-hydrogen) atoms. The van der Waals surface area contributed by atoms with Gasteiger partial charge in [-0.25, -0.2) is 24.1 Å². The number of phosphoric ester groups is 2. The molecule has 510 valence electrons. The molecule has 6 aliphatic rings. The van der Waals surface area contributed by atoms with Gasteiger partial charge in [0, 0.05) is 131 Å². The Morgan fingerprint density at radius 3 is 2.00 bits per heavy atom. The van der Waals surface area contributed by atoms with Gasteiger partial charge >= 0.3 is 15.6 Å². The van der Waals surface area contributed by atoms with Crippen molar-refractivity contribution in [1.29, 1.82) is 0 Å². The SMILES string of the molecule is CC1=C2N=C(C=C3N/C(=C(/C)C4=N[C@@](C)([C@@H]5N=C1[C@@](C)(CCC(=O)NC[C@H](C)OP(=O)(O)O[C@H]1[C@@H](O)[C@@H](n6cnc7ncnc(N)c76)O[C@@H]1COP(=O)(O)O)[C@H]5CC(N)=O)[C@@](C)(CC(N)=O)[C@@H]4CCC(N)=O)[C@@](C)(CC(N)=O)[C@@H]3CCC(N)=O)C(C)(C)[C@@H]2CCC(N)=O. The number of primary amides is 6. The summed E-state index contributed by atoms with van der Waals surface area (Å²) < 4.78 is 48.2. The number of nitrogen functional groups attached to an aromatic ring is 1. The van der Waals surface area contributed by atoms with Gasteiger partial charge in [-0.15, -0.1) is 0 Å². The molecule has 7 amide bonds. The van der Waals surface area contributed by atoms with E-state index in [2.05, 4.69) is 30.1 Å². The number of anilines is 1. The Kier molecular flexibility index (Phi) is 20.5. The second kappa shape index (κ2) is 26.5. The molecule has 20 N–H and O–H groups in total. The summed E-state index contributed by atoms with van der Waals surface area (Å²) in [6, 6.07) is -1.09. The molecular formula is C58H86N16O17P2. The number of hydrogen-bond donors (Lipinski definition) is 13. The Morgan fingerprint density at radius 2 is 1.41 bits per heavy atom. The highest BCUT2D eigenvalue weighted by Crippen LogP contribution is 2.63. The van der Waals surface area contributed by atoms with Crippen LogP contribution in [-0.4, -0.2) is 147 Å². The second-order valence-corrected chi connectivity index (χ2v) is 29.3. The van der Waals surface area contributed by atoms with Gasteiger partial charge in [-0.3, -0.25) is 66.7 Å². The van der Waals surface area contributed by atoms with Crippen LogP contribution in [0.2, 0.25) is 0 Å². The van der Waals surface area contributed by atoms with Crippen molar-refractivity contribution in [3.8, 4) is 0 Å². The maximum Gasteiger partial charge on any atom is 0.472 e. The quantitative estimate of drug-likeness (QED) is 0.0529. The number of phosphoric acid groups is 2. The first-order valence-corrected chi connectivity index (χ1v) is 33.4. The van der Waals surface area contributed by atoms with Gasteiger partial charge in [0.15, 0.2) is 17.7 Å². The summed E-state index contributed by atoms with van der Waals surface area (Å²) in [5.74, 6) is -7.65. The van der Waals surface area contributed by atoms with Crippen molar-refractivity contribution in [3.63, 3.8) is 0 Å². The Labute approximate surface area is 535 Å². The predicted molar refractivity (Wildman–Crippen MR) is 335 cm³/mol. The standard InChI is InChI=1S/C58H86N16O17P2/c1-26(90-93(86,87)91-47-34(23-88-92(83,84)85)89-53(46(47)82)74-25-69-52-45(74)51(65)67-24-68-52)22-66-42(81)16-17-55(6)32(18-39(62)78)50-58(9)57(8,21-41(64)80)31(12-15-38(61)77)44(73-58)28(3)49-56(7,20-40(63)79)29(10-13-36(59)75)33(70-49)19-35-54(4,5)30(11-14-37(60)76)43(71-35)27(2)48(55)72-50/h19,24-26,29-32,34,46-47,50,53,70,82H,10-18,20-23H2,1-9H3,(H2,59,75)(H2,60,76)(H2,61,77)(H2,62,78)(H2,63,79)(H2,64,80)(H,66,81)(H,86,87)(H2,65,67,68)(H2,83,84,85)/b33-19?,43-27?,49-28-/t26-,29+,30+,31+,32-,34+,46+,47+,50+,53-,55-,56-,57-,58-/m0/s1. The number of carbonyl (C=O) groups is 7. The van der Waals surface area contributed by atoms with Crippen molar-refractivity contribution in [1.82, 2.24) is 30.2 Å². The first-order valence-electron chi connectivity index (χ1n) is 30.4. The number of ether oxygens (including phenoxy) is 1. The molecule has 35 heteroatoms. The lowest BCUT2D eigenvalue weighted by Crippen LogP contribution is -2.56. The van der Waals surface area contributed by atoms with Gasteiger partial charge in [0.05, 0.1) is 24.3 Å². The zero-order valence-corrected chi connectivity index (χ0v) is 55.1. The van der Waals surface area contributed by atoms with E-state index in [1.807, 2.05) is 40.7 Å². The molecule has 6 aliphatic heterocycles. The summed E-state index contributed by atoms with van der Waals surface area (Å²) >= 11 is 0. The molecule has 8 heterocycles. The highest BCUT2D eigenvalue weighted by Gasteiger charge is 2.66. The van der Waals surface area contributed by atoms with Crippen molar-refractivity contribution in [3.05, 3.63) is 47.0 Å². The van der Waals surface area contributed by atoms with Gasteiger partial charge in [-0.1, -0.05) is 34.6 Å². The minimum absolute atomic E-state index is 0.0393. The fourth-order valence-corrected chi connectivity index (χ4v) is 16.7. The monoisotopic (exact) mass is 1340 g/mol. The largest absolute Gasteiger partial charge is 0.472 e. The molecule has 1 unspecified atom stereocenters. The van der Waals surface area contributed by atoms with Gasteiger partial charge < -0.3 is 75.3 Å². The number of imidazole rings is 1. The van der Waals surface area contributed by atoms with Gasteiger partial charge in [0.2, 0.25) is 41.4 Å². The highest BCUT2D eigenvalue weighted by atomic mass is 31.2. The molecule has 0 radical (unpaired) electrons. The maximum atomic E-state index is 14.4. The Hall–Kier alpha value is -7.19. The number of aromatic nitrogens is 4. The average Bonchev–Trinajstić information content (AvgIpc) is 1.53. The summed E-state index contributed by atoms with van der Waals surface area (Å²) in [6.45, 7) is 14.7. The third-order valence-corrected chi connectivity index (χ3v) is 21.6. The van der Waals surface area contributed by atoms with Gasteiger partial charge in [-0.05, 0) is 70.6 Å². The molecule has 2 aromatic rings. The van der Waals surface area contributed by atoms with Crippen LogP contribution in [0, 0.1) is 45.3 Å². The number of aliphatic imine (C=N–C) groups is 3. The first kappa shape index (κ1) is 71.7. The number of nitrogens with zero attached hydrogens (tertiary/aromatic N) is 7. The number of nitrogens with two attached hydrogens (primary N) is 7. The lowest BCUT2D eigenvalue weighted by molar-refractivity contribution is -0.124.